The molecule has 0 unspecified atom stereocenters. The van der Waals surface area contributed by atoms with Gasteiger partial charge < -0.3 is 5.11 Å². The molecule has 0 aromatic heterocycles. The summed E-state index contributed by atoms with van der Waals surface area (Å²) >= 11 is 0. The van der Waals surface area contributed by atoms with Gasteiger partial charge in [-0.3, -0.25) is 0 Å². The van der Waals surface area contributed by atoms with Crippen LogP contribution in [0.2, 0.25) is 0 Å². The Hall–Kier alpha value is -1.34. The summed E-state index contributed by atoms with van der Waals surface area (Å²) in [5, 5.41) is 8.72. The van der Waals surface area contributed by atoms with E-state index in [2.05, 4.69) is 70.2 Å². The minimum absolute atomic E-state index is 0.295. The van der Waals surface area contributed by atoms with Gasteiger partial charge in [0.15, 0.2) is 0 Å². The third-order valence-electron chi connectivity index (χ3n) is 4.31. The second-order valence-corrected chi connectivity index (χ2v) is 7.42. The van der Waals surface area contributed by atoms with Gasteiger partial charge in [0.2, 0.25) is 0 Å². The van der Waals surface area contributed by atoms with Crippen molar-refractivity contribution < 1.29 is 5.11 Å². The molecule has 0 aliphatic heterocycles. The highest BCUT2D eigenvalue weighted by molar-refractivity contribution is 5.03. The maximum absolute atomic E-state index is 8.72. The van der Waals surface area contributed by atoms with Crippen molar-refractivity contribution in [1.29, 1.82) is 0 Å². The van der Waals surface area contributed by atoms with Crippen LogP contribution in [0.25, 0.3) is 0 Å². The van der Waals surface area contributed by atoms with Crippen LogP contribution >= 0.6 is 0 Å². The van der Waals surface area contributed by atoms with E-state index in [9.17, 15) is 0 Å². The van der Waals surface area contributed by atoms with Gasteiger partial charge in [-0.15, -0.1) is 0 Å². The Kier molecular flexibility index (Phi) is 17.5. The van der Waals surface area contributed by atoms with E-state index in [1.165, 1.54) is 29.6 Å². The summed E-state index contributed by atoms with van der Waals surface area (Å²) in [6.07, 6.45) is 27.3. The Morgan fingerprint density at radius 1 is 0.577 bits per heavy atom. The van der Waals surface area contributed by atoms with E-state index in [0.29, 0.717) is 6.61 Å². The molecule has 0 saturated heterocycles. The summed E-state index contributed by atoms with van der Waals surface area (Å²) in [5.74, 6) is 0. The lowest BCUT2D eigenvalue weighted by Gasteiger charge is -1.99. The van der Waals surface area contributed by atoms with Gasteiger partial charge in [0, 0.05) is 6.61 Å². The van der Waals surface area contributed by atoms with Crippen molar-refractivity contribution in [2.75, 3.05) is 6.61 Å². The van der Waals surface area contributed by atoms with Crippen molar-refractivity contribution in [2.24, 2.45) is 0 Å². The number of unbranched alkanes of at least 4 members (excludes halogenated alkanes) is 3. The van der Waals surface area contributed by atoms with Crippen molar-refractivity contribution in [3.8, 4) is 0 Å². The standard InChI is InChI=1S/C25H42O/c1-23(2)17-16-21-25(4)20-13-9-6-5-8-12-18-24(3)19-14-10-7-11-15-22-26/h5-7,10,17-18,20,26H,8-9,11-16,19,21-22H2,1-4H3/b6-5+,10-7+,24-18+,25-20+. The van der Waals surface area contributed by atoms with E-state index in [0.717, 1.165) is 51.4 Å². The van der Waals surface area contributed by atoms with Crippen molar-refractivity contribution >= 4 is 0 Å². The summed E-state index contributed by atoms with van der Waals surface area (Å²) in [6.45, 7) is 9.10. The maximum atomic E-state index is 8.72. The lowest BCUT2D eigenvalue weighted by Crippen LogP contribution is -1.80. The molecule has 0 aliphatic rings. The van der Waals surface area contributed by atoms with Gasteiger partial charge in [-0.2, -0.15) is 0 Å². The average molecular weight is 359 g/mol. The SMILES string of the molecule is CC(C)=CCC/C(C)=C/CC/C=C/CC/C=C(\C)CC/C=C/CCCO. The third kappa shape index (κ3) is 19.0. The van der Waals surface area contributed by atoms with Gasteiger partial charge in [0.1, 0.15) is 0 Å². The molecular weight excluding hydrogens is 316 g/mol. The molecule has 26 heavy (non-hydrogen) atoms. The highest BCUT2D eigenvalue weighted by Crippen LogP contribution is 2.10. The fourth-order valence-corrected chi connectivity index (χ4v) is 2.64. The molecule has 0 aliphatic carbocycles. The first-order chi connectivity index (χ1) is 12.6. The highest BCUT2D eigenvalue weighted by Gasteiger charge is 1.90. The zero-order valence-corrected chi connectivity index (χ0v) is 17.8. The van der Waals surface area contributed by atoms with Crippen LogP contribution in [0, 0.1) is 0 Å². The molecule has 0 aromatic carbocycles. The van der Waals surface area contributed by atoms with Crippen molar-refractivity contribution in [2.45, 2.75) is 91.9 Å². The highest BCUT2D eigenvalue weighted by atomic mass is 16.2. The monoisotopic (exact) mass is 358 g/mol. The van der Waals surface area contributed by atoms with Gasteiger partial charge in [-0.25, -0.2) is 0 Å². The van der Waals surface area contributed by atoms with E-state index in [-0.39, 0.29) is 0 Å². The Balaban J connectivity index is 3.70. The Bertz CT molecular complexity index is 470. The Labute approximate surface area is 163 Å². The number of allylic oxidation sites excluding steroid dienone is 10. The van der Waals surface area contributed by atoms with Crippen LogP contribution in [0.1, 0.15) is 91.9 Å². The molecule has 0 bridgehead atoms. The largest absolute Gasteiger partial charge is 0.396 e. The van der Waals surface area contributed by atoms with Crippen LogP contribution in [0.15, 0.2) is 59.3 Å². The molecule has 1 heteroatoms. The summed E-state index contributed by atoms with van der Waals surface area (Å²) in [4.78, 5) is 0. The molecule has 1 nitrogen and oxygen atoms in total. The van der Waals surface area contributed by atoms with E-state index < -0.39 is 0 Å². The molecule has 0 radical (unpaired) electrons. The quantitative estimate of drug-likeness (QED) is 0.233. The average Bonchev–Trinajstić information content (AvgIpc) is 2.60. The first kappa shape index (κ1) is 24.7. The summed E-state index contributed by atoms with van der Waals surface area (Å²) < 4.78 is 0. The summed E-state index contributed by atoms with van der Waals surface area (Å²) in [7, 11) is 0. The molecule has 0 saturated carbocycles. The second-order valence-electron chi connectivity index (χ2n) is 7.42. The maximum Gasteiger partial charge on any atom is 0.0433 e. The van der Waals surface area contributed by atoms with Gasteiger partial charge in [0.05, 0.1) is 0 Å². The van der Waals surface area contributed by atoms with Crippen LogP contribution in [-0.2, 0) is 0 Å². The molecule has 0 amide bonds. The van der Waals surface area contributed by atoms with Crippen molar-refractivity contribution in [1.82, 2.24) is 0 Å². The molecule has 0 heterocycles. The zero-order chi connectivity index (χ0) is 19.5. The number of hydrogen-bond acceptors (Lipinski definition) is 1. The van der Waals surface area contributed by atoms with Gasteiger partial charge in [-0.1, -0.05) is 59.3 Å². The van der Waals surface area contributed by atoms with Crippen LogP contribution in [0.3, 0.4) is 0 Å². The molecule has 0 fully saturated rings. The van der Waals surface area contributed by atoms with Crippen molar-refractivity contribution in [3.63, 3.8) is 0 Å². The van der Waals surface area contributed by atoms with Crippen LogP contribution < -0.4 is 0 Å². The number of rotatable bonds is 15. The van der Waals surface area contributed by atoms with Gasteiger partial charge >= 0.3 is 0 Å². The molecule has 0 atom stereocenters. The number of hydrogen-bond donors (Lipinski definition) is 1. The third-order valence-corrected chi connectivity index (χ3v) is 4.31. The lowest BCUT2D eigenvalue weighted by molar-refractivity contribution is 0.289. The number of aliphatic hydroxyl groups is 1. The lowest BCUT2D eigenvalue weighted by atomic mass is 10.1. The van der Waals surface area contributed by atoms with Crippen LogP contribution in [0.5, 0.6) is 0 Å². The van der Waals surface area contributed by atoms with Gasteiger partial charge in [0.25, 0.3) is 0 Å². The van der Waals surface area contributed by atoms with Crippen LogP contribution in [0.4, 0.5) is 0 Å². The fourth-order valence-electron chi connectivity index (χ4n) is 2.64. The van der Waals surface area contributed by atoms with Crippen LogP contribution in [-0.4, -0.2) is 11.7 Å². The summed E-state index contributed by atoms with van der Waals surface area (Å²) in [6, 6.07) is 0. The second kappa shape index (κ2) is 18.5. The minimum Gasteiger partial charge on any atom is -0.396 e. The van der Waals surface area contributed by atoms with Crippen molar-refractivity contribution in [3.05, 3.63) is 59.3 Å². The van der Waals surface area contributed by atoms with E-state index in [1.807, 2.05) is 0 Å². The number of aliphatic hydroxyl groups excluding tert-OH is 1. The zero-order valence-electron chi connectivity index (χ0n) is 17.8. The minimum atomic E-state index is 0.295. The first-order valence-corrected chi connectivity index (χ1v) is 10.4. The predicted molar refractivity (Wildman–Crippen MR) is 118 cm³/mol. The smallest absolute Gasteiger partial charge is 0.0433 e. The molecule has 1 N–H and O–H groups in total. The molecule has 0 rings (SSSR count). The molecular formula is C25H42O. The molecule has 148 valence electrons. The molecule has 0 spiro atoms. The predicted octanol–water partition coefficient (Wildman–Crippen LogP) is 7.85. The Morgan fingerprint density at radius 3 is 1.62 bits per heavy atom. The van der Waals surface area contributed by atoms with E-state index >= 15 is 0 Å². The Morgan fingerprint density at radius 2 is 1.08 bits per heavy atom. The van der Waals surface area contributed by atoms with Gasteiger partial charge in [-0.05, 0) is 91.9 Å². The van der Waals surface area contributed by atoms with E-state index in [4.69, 9.17) is 5.11 Å². The normalized spacial score (nSPS) is 13.1. The first-order valence-electron chi connectivity index (χ1n) is 10.4. The fraction of sp³-hybridized carbons (Fsp3) is 0.600. The molecule has 0 aromatic rings. The summed E-state index contributed by atoms with van der Waals surface area (Å²) in [5.41, 5.74) is 4.42. The topological polar surface area (TPSA) is 20.2 Å². The van der Waals surface area contributed by atoms with E-state index in [1.54, 1.807) is 0 Å².